The Morgan fingerprint density at radius 3 is 2.47 bits per heavy atom. The predicted octanol–water partition coefficient (Wildman–Crippen LogP) is 2.95. The molecular weight excluding hydrogens is 347 g/mol. The minimum absolute atomic E-state index is 0.0556. The van der Waals surface area contributed by atoms with Gasteiger partial charge in [0.05, 0.1) is 5.38 Å². The summed E-state index contributed by atoms with van der Waals surface area (Å²) in [4.78, 5) is 17.4. The van der Waals surface area contributed by atoms with E-state index in [0.29, 0.717) is 22.2 Å². The summed E-state index contributed by atoms with van der Waals surface area (Å²) in [5, 5.41) is -0.0942. The maximum Gasteiger partial charge on any atom is 0.228 e. The number of hydrogen-bond acceptors (Lipinski definition) is 2. The van der Waals surface area contributed by atoms with Gasteiger partial charge < -0.3 is 4.90 Å². The van der Waals surface area contributed by atoms with Crippen LogP contribution in [-0.2, 0) is 4.79 Å². The quantitative estimate of drug-likeness (QED) is 0.574. The van der Waals surface area contributed by atoms with Gasteiger partial charge >= 0.3 is 0 Å². The standard InChI is InChI=1S/C9H7Br2ClN2O/c10-7-2-6(3-8(11)13-7)14-4-5(12)1-9(14)15/h2-3,5H,1,4H2. The second-order valence-corrected chi connectivity index (χ2v) is 5.52. The number of rotatable bonds is 1. The maximum absolute atomic E-state index is 11.6. The van der Waals surface area contributed by atoms with Crippen molar-refractivity contribution in [3.05, 3.63) is 21.3 Å². The molecule has 0 saturated carbocycles. The van der Waals surface area contributed by atoms with E-state index in [4.69, 9.17) is 11.6 Å². The van der Waals surface area contributed by atoms with Gasteiger partial charge in [-0.15, -0.1) is 11.6 Å². The molecule has 80 valence electrons. The molecule has 1 atom stereocenters. The number of carbonyl (C=O) groups excluding carboxylic acids is 1. The lowest BCUT2D eigenvalue weighted by molar-refractivity contribution is -0.117. The molecule has 1 aliphatic rings. The van der Waals surface area contributed by atoms with E-state index < -0.39 is 0 Å². The van der Waals surface area contributed by atoms with Gasteiger partial charge in [-0.2, -0.15) is 0 Å². The van der Waals surface area contributed by atoms with E-state index in [1.807, 2.05) is 0 Å². The van der Waals surface area contributed by atoms with E-state index in [2.05, 4.69) is 36.8 Å². The van der Waals surface area contributed by atoms with Crippen LogP contribution < -0.4 is 4.90 Å². The highest BCUT2D eigenvalue weighted by Gasteiger charge is 2.29. The second kappa shape index (κ2) is 4.39. The van der Waals surface area contributed by atoms with Crippen LogP contribution in [0, 0.1) is 0 Å². The topological polar surface area (TPSA) is 33.2 Å². The number of nitrogens with zero attached hydrogens (tertiary/aromatic N) is 2. The average Bonchev–Trinajstić information content (AvgIpc) is 2.43. The van der Waals surface area contributed by atoms with Crippen LogP contribution in [0.25, 0.3) is 0 Å². The zero-order chi connectivity index (χ0) is 11.0. The highest BCUT2D eigenvalue weighted by Crippen LogP contribution is 2.28. The summed E-state index contributed by atoms with van der Waals surface area (Å²) in [7, 11) is 0. The minimum atomic E-state index is -0.0942. The molecule has 1 saturated heterocycles. The van der Waals surface area contributed by atoms with Crippen LogP contribution in [0.15, 0.2) is 21.3 Å². The van der Waals surface area contributed by atoms with Crippen molar-refractivity contribution in [1.82, 2.24) is 4.98 Å². The van der Waals surface area contributed by atoms with Crippen LogP contribution >= 0.6 is 43.5 Å². The molecule has 0 bridgehead atoms. The molecule has 2 rings (SSSR count). The lowest BCUT2D eigenvalue weighted by Gasteiger charge is -2.16. The summed E-state index contributed by atoms with van der Waals surface area (Å²) >= 11 is 12.5. The number of alkyl halides is 1. The summed E-state index contributed by atoms with van der Waals surface area (Å²) < 4.78 is 1.38. The molecule has 1 fully saturated rings. The Labute approximate surface area is 109 Å². The number of aromatic nitrogens is 1. The number of halogens is 3. The third-order valence-corrected chi connectivity index (χ3v) is 3.24. The molecule has 0 aliphatic carbocycles. The zero-order valence-corrected chi connectivity index (χ0v) is 11.5. The molecule has 1 unspecified atom stereocenters. The van der Waals surface area contributed by atoms with E-state index in [1.54, 1.807) is 17.0 Å². The number of carbonyl (C=O) groups is 1. The van der Waals surface area contributed by atoms with Crippen molar-refractivity contribution < 1.29 is 4.79 Å². The molecule has 1 amide bonds. The summed E-state index contributed by atoms with van der Waals surface area (Å²) in [5.74, 6) is 0.0556. The Balaban J connectivity index is 2.33. The highest BCUT2D eigenvalue weighted by molar-refractivity contribution is 9.11. The number of anilines is 1. The molecule has 1 aromatic heterocycles. The van der Waals surface area contributed by atoms with Crippen molar-refractivity contribution in [1.29, 1.82) is 0 Å². The smallest absolute Gasteiger partial charge is 0.228 e. The fraction of sp³-hybridized carbons (Fsp3) is 0.333. The fourth-order valence-corrected chi connectivity index (χ4v) is 2.88. The van der Waals surface area contributed by atoms with Crippen molar-refractivity contribution in [2.75, 3.05) is 11.4 Å². The third kappa shape index (κ3) is 2.52. The van der Waals surface area contributed by atoms with Crippen molar-refractivity contribution in [3.63, 3.8) is 0 Å². The van der Waals surface area contributed by atoms with Gasteiger partial charge in [-0.05, 0) is 44.0 Å². The molecule has 0 radical (unpaired) electrons. The van der Waals surface area contributed by atoms with Crippen LogP contribution in [0.4, 0.5) is 5.69 Å². The molecule has 0 spiro atoms. The normalized spacial score (nSPS) is 21.1. The minimum Gasteiger partial charge on any atom is -0.311 e. The van der Waals surface area contributed by atoms with Crippen molar-refractivity contribution in [3.8, 4) is 0 Å². The SMILES string of the molecule is O=C1CC(Cl)CN1c1cc(Br)nc(Br)c1. The Hall–Kier alpha value is -0.130. The first-order chi connectivity index (χ1) is 7.06. The number of pyridine rings is 1. The van der Waals surface area contributed by atoms with Crippen LogP contribution in [0.5, 0.6) is 0 Å². The van der Waals surface area contributed by atoms with Gasteiger partial charge in [0.25, 0.3) is 0 Å². The fourth-order valence-electron chi connectivity index (χ4n) is 1.52. The molecule has 0 N–H and O–H groups in total. The van der Waals surface area contributed by atoms with Gasteiger partial charge in [-0.1, -0.05) is 0 Å². The maximum atomic E-state index is 11.6. The van der Waals surface area contributed by atoms with Gasteiger partial charge in [0.1, 0.15) is 9.21 Å². The first-order valence-corrected chi connectivity index (χ1v) is 6.36. The van der Waals surface area contributed by atoms with Gasteiger partial charge in [0.15, 0.2) is 0 Å². The lowest BCUT2D eigenvalue weighted by atomic mass is 10.4. The molecule has 15 heavy (non-hydrogen) atoms. The van der Waals surface area contributed by atoms with Crippen LogP contribution in [0.3, 0.4) is 0 Å². The van der Waals surface area contributed by atoms with Crippen LogP contribution in [0.1, 0.15) is 6.42 Å². The lowest BCUT2D eigenvalue weighted by Crippen LogP contribution is -2.24. The Morgan fingerprint density at radius 1 is 1.40 bits per heavy atom. The second-order valence-electron chi connectivity index (χ2n) is 3.28. The highest BCUT2D eigenvalue weighted by atomic mass is 79.9. The first kappa shape index (κ1) is 11.4. The van der Waals surface area contributed by atoms with E-state index in [-0.39, 0.29) is 11.3 Å². The largest absolute Gasteiger partial charge is 0.311 e. The molecule has 0 aromatic carbocycles. The summed E-state index contributed by atoms with van der Waals surface area (Å²) in [6, 6.07) is 3.61. The van der Waals surface area contributed by atoms with Gasteiger partial charge in [0, 0.05) is 18.7 Å². The van der Waals surface area contributed by atoms with Crippen molar-refractivity contribution >= 4 is 55.1 Å². The van der Waals surface area contributed by atoms with Crippen molar-refractivity contribution in [2.24, 2.45) is 0 Å². The molecule has 2 heterocycles. The molecule has 3 nitrogen and oxygen atoms in total. The van der Waals surface area contributed by atoms with Gasteiger partial charge in [-0.25, -0.2) is 4.98 Å². The molecule has 1 aliphatic heterocycles. The van der Waals surface area contributed by atoms with E-state index in [1.165, 1.54) is 0 Å². The predicted molar refractivity (Wildman–Crippen MR) is 66.2 cm³/mol. The van der Waals surface area contributed by atoms with E-state index >= 15 is 0 Å². The molecular formula is C9H7Br2ClN2O. The number of amides is 1. The van der Waals surface area contributed by atoms with Crippen molar-refractivity contribution in [2.45, 2.75) is 11.8 Å². The Bertz CT molecular complexity index is 393. The molecule has 6 heteroatoms. The van der Waals surface area contributed by atoms with Gasteiger partial charge in [0.2, 0.25) is 5.91 Å². The number of hydrogen-bond donors (Lipinski definition) is 0. The Kier molecular flexibility index (Phi) is 3.33. The molecule has 1 aromatic rings. The van der Waals surface area contributed by atoms with Gasteiger partial charge in [-0.3, -0.25) is 4.79 Å². The summed E-state index contributed by atoms with van der Waals surface area (Å²) in [6.07, 6.45) is 0.402. The first-order valence-electron chi connectivity index (χ1n) is 4.34. The van der Waals surface area contributed by atoms with E-state index in [0.717, 1.165) is 5.69 Å². The summed E-state index contributed by atoms with van der Waals surface area (Å²) in [6.45, 7) is 0.559. The zero-order valence-electron chi connectivity index (χ0n) is 7.58. The van der Waals surface area contributed by atoms with Crippen LogP contribution in [-0.4, -0.2) is 22.8 Å². The third-order valence-electron chi connectivity index (χ3n) is 2.14. The average molecular weight is 354 g/mol. The Morgan fingerprint density at radius 2 is 2.00 bits per heavy atom. The summed E-state index contributed by atoms with van der Waals surface area (Å²) in [5.41, 5.74) is 0.817. The van der Waals surface area contributed by atoms with Crippen LogP contribution in [0.2, 0.25) is 0 Å². The monoisotopic (exact) mass is 352 g/mol. The van der Waals surface area contributed by atoms with E-state index in [9.17, 15) is 4.79 Å².